The predicted molar refractivity (Wildman–Crippen MR) is 92.1 cm³/mol. The molecule has 1 nitrogen and oxygen atoms in total. The molecule has 1 aromatic heterocycles. The Balaban J connectivity index is 2.12. The number of fused-ring (bicyclic) bond motifs is 2. The highest BCUT2D eigenvalue weighted by Crippen LogP contribution is 2.33. The Hall–Kier alpha value is -2.15. The van der Waals surface area contributed by atoms with Crippen molar-refractivity contribution in [2.45, 2.75) is 33.1 Å². The van der Waals surface area contributed by atoms with Gasteiger partial charge in [-0.25, -0.2) is 4.57 Å². The van der Waals surface area contributed by atoms with Crippen LogP contribution in [0.2, 0.25) is 0 Å². The third kappa shape index (κ3) is 2.04. The zero-order chi connectivity index (χ0) is 16.1. The van der Waals surface area contributed by atoms with Gasteiger partial charge in [-0.2, -0.15) is 0 Å². The van der Waals surface area contributed by atoms with Crippen molar-refractivity contribution in [1.29, 1.82) is 0 Å². The monoisotopic (exact) mass is 289 g/mol. The number of hydrogen-bond donors (Lipinski definition) is 0. The predicted octanol–water partition coefficient (Wildman–Crippen LogP) is 4.44. The van der Waals surface area contributed by atoms with Gasteiger partial charge >= 0.3 is 0 Å². The fraction of sp³-hybridized carbons (Fsp3) is 0.286. The van der Waals surface area contributed by atoms with Crippen LogP contribution in [0, 0.1) is 13.8 Å². The van der Waals surface area contributed by atoms with E-state index < -0.39 is 0 Å². The molecular weight excluding hydrogens is 266 g/mol. The number of aromatic nitrogens is 1. The van der Waals surface area contributed by atoms with Crippen LogP contribution >= 0.6 is 0 Å². The summed E-state index contributed by atoms with van der Waals surface area (Å²) in [5.74, 6) is 0. The van der Waals surface area contributed by atoms with Gasteiger partial charge < -0.3 is 0 Å². The molecule has 0 amide bonds. The first-order valence-electron chi connectivity index (χ1n) is 8.57. The molecule has 1 heteroatoms. The lowest BCUT2D eigenvalue weighted by Gasteiger charge is -2.10. The molecule has 3 aromatic rings. The molecule has 0 spiro atoms. The van der Waals surface area contributed by atoms with E-state index in [0.29, 0.717) is 6.17 Å². The van der Waals surface area contributed by atoms with Crippen LogP contribution in [-0.4, -0.2) is 0 Å². The average Bonchev–Trinajstić information content (AvgIpc) is 2.97. The number of nitrogens with zero attached hydrogens (tertiary/aromatic N) is 1. The number of hydrogen-bond acceptors (Lipinski definition) is 0. The molecule has 0 bridgehead atoms. The SMILES string of the molecule is [2H]c1cc2cc3c(cc2c(-c2cc(C)ccc2C)[n+]1C)CCC3. The van der Waals surface area contributed by atoms with Gasteiger partial charge in [0.2, 0.25) is 5.69 Å². The molecule has 1 aliphatic carbocycles. The van der Waals surface area contributed by atoms with Crippen molar-refractivity contribution >= 4 is 10.8 Å². The Labute approximate surface area is 133 Å². The van der Waals surface area contributed by atoms with Crippen LogP contribution < -0.4 is 4.57 Å². The summed E-state index contributed by atoms with van der Waals surface area (Å²) in [5.41, 5.74) is 7.89. The van der Waals surface area contributed by atoms with E-state index in [-0.39, 0.29) is 0 Å². The first-order valence-corrected chi connectivity index (χ1v) is 8.07. The highest BCUT2D eigenvalue weighted by Gasteiger charge is 2.20. The van der Waals surface area contributed by atoms with Gasteiger partial charge in [-0.15, -0.1) is 0 Å². The highest BCUT2D eigenvalue weighted by molar-refractivity contribution is 5.94. The van der Waals surface area contributed by atoms with Gasteiger partial charge in [0.05, 0.1) is 5.39 Å². The van der Waals surface area contributed by atoms with Crippen molar-refractivity contribution in [2.75, 3.05) is 0 Å². The Morgan fingerprint density at radius 3 is 2.59 bits per heavy atom. The number of benzene rings is 2. The van der Waals surface area contributed by atoms with E-state index in [9.17, 15) is 0 Å². The summed E-state index contributed by atoms with van der Waals surface area (Å²) in [5, 5.41) is 2.47. The molecule has 1 aliphatic rings. The maximum absolute atomic E-state index is 8.38. The van der Waals surface area contributed by atoms with E-state index in [1.165, 1.54) is 63.5 Å². The maximum atomic E-state index is 8.38. The number of pyridine rings is 1. The Morgan fingerprint density at radius 1 is 1.00 bits per heavy atom. The van der Waals surface area contributed by atoms with Crippen LogP contribution in [0.15, 0.2) is 42.6 Å². The molecule has 0 atom stereocenters. The molecule has 0 aliphatic heterocycles. The summed E-state index contributed by atoms with van der Waals surface area (Å²) in [4.78, 5) is 0. The third-order valence-electron chi connectivity index (χ3n) is 4.92. The van der Waals surface area contributed by atoms with Gasteiger partial charge in [0, 0.05) is 11.6 Å². The van der Waals surface area contributed by atoms with E-state index in [4.69, 9.17) is 1.37 Å². The summed E-state index contributed by atoms with van der Waals surface area (Å²) >= 11 is 0. The van der Waals surface area contributed by atoms with Gasteiger partial charge in [0.25, 0.3) is 0 Å². The molecule has 110 valence electrons. The minimum absolute atomic E-state index is 0.561. The fourth-order valence-corrected chi connectivity index (χ4v) is 3.70. The van der Waals surface area contributed by atoms with Gasteiger partial charge in [-0.3, -0.25) is 0 Å². The van der Waals surface area contributed by atoms with Crippen molar-refractivity contribution < 1.29 is 5.94 Å². The van der Waals surface area contributed by atoms with Gasteiger partial charge in [0.15, 0.2) is 6.17 Å². The molecule has 0 N–H and O–H groups in total. The van der Waals surface area contributed by atoms with Crippen LogP contribution in [0.4, 0.5) is 0 Å². The van der Waals surface area contributed by atoms with Crippen molar-refractivity contribution in [3.05, 3.63) is 64.8 Å². The van der Waals surface area contributed by atoms with Gasteiger partial charge in [-0.05, 0) is 67.3 Å². The quantitative estimate of drug-likeness (QED) is 0.583. The summed E-state index contributed by atoms with van der Waals surface area (Å²) in [6, 6.07) is 13.3. The molecule has 0 saturated heterocycles. The second kappa shape index (κ2) is 4.95. The minimum atomic E-state index is 0.561. The van der Waals surface area contributed by atoms with E-state index in [0.717, 1.165) is 0 Å². The molecular formula is C21H22N+. The molecule has 22 heavy (non-hydrogen) atoms. The van der Waals surface area contributed by atoms with Crippen LogP contribution in [0.3, 0.4) is 0 Å². The smallest absolute Gasteiger partial charge is 0.200 e. The second-order valence-electron chi connectivity index (χ2n) is 6.56. The first kappa shape index (κ1) is 12.4. The molecule has 1 heterocycles. The van der Waals surface area contributed by atoms with Crippen molar-refractivity contribution in [2.24, 2.45) is 7.05 Å². The summed E-state index contributed by atoms with van der Waals surface area (Å²) < 4.78 is 10.4. The second-order valence-corrected chi connectivity index (χ2v) is 6.56. The van der Waals surface area contributed by atoms with E-state index in [1.807, 2.05) is 17.7 Å². The molecule has 4 rings (SSSR count). The lowest BCUT2D eigenvalue weighted by Crippen LogP contribution is -2.30. The van der Waals surface area contributed by atoms with Gasteiger partial charge in [-0.1, -0.05) is 23.8 Å². The molecule has 0 fully saturated rings. The van der Waals surface area contributed by atoms with Crippen molar-refractivity contribution in [3.8, 4) is 11.3 Å². The van der Waals surface area contributed by atoms with E-state index in [2.05, 4.69) is 44.2 Å². The van der Waals surface area contributed by atoms with Gasteiger partial charge in [0.1, 0.15) is 8.42 Å². The van der Waals surface area contributed by atoms with E-state index in [1.54, 1.807) is 0 Å². The summed E-state index contributed by atoms with van der Waals surface area (Å²) in [6.45, 7) is 4.29. The number of rotatable bonds is 1. The zero-order valence-corrected chi connectivity index (χ0v) is 13.5. The largest absolute Gasteiger partial charge is 0.220 e. The van der Waals surface area contributed by atoms with Crippen LogP contribution in [0.25, 0.3) is 22.0 Å². The Bertz CT molecular complexity index is 940. The average molecular weight is 289 g/mol. The standard InChI is InChI=1S/C21H22N/c1-14-7-8-15(2)19(11-14)21-20-13-17-6-4-5-16(17)12-18(20)9-10-22(21)3/h7-13H,4-6H2,1-3H3/q+1/i10D. The maximum Gasteiger partial charge on any atom is 0.220 e. The normalized spacial score (nSPS) is 14.2. The lowest BCUT2D eigenvalue weighted by atomic mass is 9.95. The third-order valence-corrected chi connectivity index (χ3v) is 4.92. The Kier molecular flexibility index (Phi) is 2.79. The summed E-state index contributed by atoms with van der Waals surface area (Å²) in [7, 11) is 2.01. The molecule has 0 radical (unpaired) electrons. The molecule has 0 unspecified atom stereocenters. The zero-order valence-electron chi connectivity index (χ0n) is 14.5. The topological polar surface area (TPSA) is 3.88 Å². The lowest BCUT2D eigenvalue weighted by molar-refractivity contribution is -0.659. The highest BCUT2D eigenvalue weighted by atomic mass is 14.9. The first-order chi connectivity index (χ1) is 11.0. The fourth-order valence-electron chi connectivity index (χ4n) is 3.70. The molecule has 2 aromatic carbocycles. The van der Waals surface area contributed by atoms with Crippen molar-refractivity contribution in [1.82, 2.24) is 0 Å². The Morgan fingerprint density at radius 2 is 1.77 bits per heavy atom. The number of aryl methyl sites for hydroxylation is 4. The summed E-state index contributed by atoms with van der Waals surface area (Å²) in [6.07, 6.45) is 4.18. The molecule has 0 saturated carbocycles. The van der Waals surface area contributed by atoms with E-state index >= 15 is 0 Å². The van der Waals surface area contributed by atoms with Crippen LogP contribution in [0.1, 0.15) is 30.0 Å². The van der Waals surface area contributed by atoms with Crippen molar-refractivity contribution in [3.63, 3.8) is 0 Å². The van der Waals surface area contributed by atoms with Crippen LogP contribution in [0.5, 0.6) is 0 Å². The minimum Gasteiger partial charge on any atom is -0.200 e. The van der Waals surface area contributed by atoms with Crippen LogP contribution in [-0.2, 0) is 19.9 Å².